The Bertz CT molecular complexity index is 199. The van der Waals surface area contributed by atoms with Gasteiger partial charge in [0.15, 0.2) is 0 Å². The second-order valence-electron chi connectivity index (χ2n) is 5.31. The third kappa shape index (κ3) is 5.62. The molecule has 0 aromatic carbocycles. The van der Waals surface area contributed by atoms with Crippen molar-refractivity contribution in [2.45, 2.75) is 52.6 Å². The number of nitrogens with zero attached hydrogens (tertiary/aromatic N) is 1. The number of rotatable bonds is 7. The van der Waals surface area contributed by atoms with Gasteiger partial charge < -0.3 is 10.2 Å². The van der Waals surface area contributed by atoms with E-state index in [1.165, 1.54) is 44.0 Å². The van der Waals surface area contributed by atoms with Crippen LogP contribution in [0.2, 0.25) is 0 Å². The summed E-state index contributed by atoms with van der Waals surface area (Å²) in [5, 5.41) is 3.78. The second-order valence-corrected chi connectivity index (χ2v) is 6.63. The molecule has 2 nitrogen and oxygen atoms in total. The van der Waals surface area contributed by atoms with Gasteiger partial charge in [0, 0.05) is 24.4 Å². The molecule has 0 saturated carbocycles. The van der Waals surface area contributed by atoms with E-state index in [0.717, 1.165) is 5.92 Å². The molecule has 1 N–H and O–H groups in total. The van der Waals surface area contributed by atoms with E-state index in [-0.39, 0.29) is 0 Å². The van der Waals surface area contributed by atoms with Crippen LogP contribution >= 0.6 is 11.8 Å². The summed E-state index contributed by atoms with van der Waals surface area (Å²) < 4.78 is 0. The number of thioether (sulfide) groups is 1. The Labute approximate surface area is 112 Å². The molecular weight excluding hydrogens is 228 g/mol. The summed E-state index contributed by atoms with van der Waals surface area (Å²) in [4.78, 5) is 2.60. The van der Waals surface area contributed by atoms with Gasteiger partial charge in [0.1, 0.15) is 0 Å². The van der Waals surface area contributed by atoms with Crippen LogP contribution in [0.5, 0.6) is 0 Å². The van der Waals surface area contributed by atoms with Crippen LogP contribution in [0.1, 0.15) is 40.5 Å². The molecule has 1 rings (SSSR count). The molecular formula is C14H30N2S. The van der Waals surface area contributed by atoms with Gasteiger partial charge in [-0.05, 0) is 51.4 Å². The van der Waals surface area contributed by atoms with E-state index in [9.17, 15) is 0 Å². The van der Waals surface area contributed by atoms with Gasteiger partial charge in [-0.1, -0.05) is 13.8 Å². The van der Waals surface area contributed by atoms with Gasteiger partial charge in [-0.3, -0.25) is 0 Å². The zero-order chi connectivity index (χ0) is 12.7. The Balaban J connectivity index is 2.28. The van der Waals surface area contributed by atoms with Crippen LogP contribution in [0.3, 0.4) is 0 Å². The maximum absolute atomic E-state index is 3.78. The van der Waals surface area contributed by atoms with Crippen LogP contribution in [0, 0.1) is 5.92 Å². The highest BCUT2D eigenvalue weighted by Gasteiger charge is 2.24. The second kappa shape index (κ2) is 8.39. The summed E-state index contributed by atoms with van der Waals surface area (Å²) in [6, 6.07) is 1.31. The maximum atomic E-state index is 3.78. The van der Waals surface area contributed by atoms with E-state index >= 15 is 0 Å². The molecule has 0 spiro atoms. The van der Waals surface area contributed by atoms with Crippen LogP contribution in [-0.2, 0) is 0 Å². The molecule has 1 fully saturated rings. The molecule has 1 saturated heterocycles. The highest BCUT2D eigenvalue weighted by molar-refractivity contribution is 7.99. The molecule has 0 aromatic rings. The van der Waals surface area contributed by atoms with Crippen LogP contribution in [0.4, 0.5) is 0 Å². The van der Waals surface area contributed by atoms with Crippen molar-refractivity contribution in [3.8, 4) is 0 Å². The van der Waals surface area contributed by atoms with Crippen molar-refractivity contribution in [3.63, 3.8) is 0 Å². The monoisotopic (exact) mass is 258 g/mol. The predicted octanol–water partition coefficient (Wildman–Crippen LogP) is 2.84. The Morgan fingerprint density at radius 2 is 2.12 bits per heavy atom. The fourth-order valence-corrected chi connectivity index (χ4v) is 3.40. The fraction of sp³-hybridized carbons (Fsp3) is 1.00. The first-order valence-electron chi connectivity index (χ1n) is 7.23. The van der Waals surface area contributed by atoms with E-state index in [0.29, 0.717) is 12.1 Å². The first kappa shape index (κ1) is 15.3. The normalized spacial score (nSPS) is 25.8. The van der Waals surface area contributed by atoms with Crippen molar-refractivity contribution in [1.82, 2.24) is 10.2 Å². The van der Waals surface area contributed by atoms with E-state index in [1.807, 2.05) is 11.8 Å². The van der Waals surface area contributed by atoms with Crippen LogP contribution in [0.25, 0.3) is 0 Å². The summed E-state index contributed by atoms with van der Waals surface area (Å²) >= 11 is 2.04. The third-order valence-electron chi connectivity index (χ3n) is 3.82. The Morgan fingerprint density at radius 3 is 2.76 bits per heavy atom. The van der Waals surface area contributed by atoms with Crippen LogP contribution in [-0.4, -0.2) is 48.1 Å². The quantitative estimate of drug-likeness (QED) is 0.756. The summed E-state index contributed by atoms with van der Waals surface area (Å²) in [6.07, 6.45) is 2.78. The van der Waals surface area contributed by atoms with E-state index in [4.69, 9.17) is 0 Å². The number of hydrogen-bond acceptors (Lipinski definition) is 3. The van der Waals surface area contributed by atoms with Crippen molar-refractivity contribution in [3.05, 3.63) is 0 Å². The topological polar surface area (TPSA) is 15.3 Å². The zero-order valence-corrected chi connectivity index (χ0v) is 12.9. The fourth-order valence-electron chi connectivity index (χ4n) is 2.71. The van der Waals surface area contributed by atoms with Gasteiger partial charge in [0.25, 0.3) is 0 Å². The highest BCUT2D eigenvalue weighted by Crippen LogP contribution is 2.20. The van der Waals surface area contributed by atoms with Gasteiger partial charge in [0.2, 0.25) is 0 Å². The number of nitrogens with one attached hydrogen (secondary N) is 1. The summed E-state index contributed by atoms with van der Waals surface area (Å²) in [5.41, 5.74) is 0. The lowest BCUT2D eigenvalue weighted by Gasteiger charge is -2.36. The lowest BCUT2D eigenvalue weighted by molar-refractivity contribution is 0.154. The van der Waals surface area contributed by atoms with Crippen molar-refractivity contribution < 1.29 is 0 Å². The van der Waals surface area contributed by atoms with Gasteiger partial charge in [-0.2, -0.15) is 11.8 Å². The summed E-state index contributed by atoms with van der Waals surface area (Å²) in [6.45, 7) is 13.0. The molecule has 102 valence electrons. The number of piperidine rings is 1. The van der Waals surface area contributed by atoms with Crippen molar-refractivity contribution in [2.75, 3.05) is 31.1 Å². The van der Waals surface area contributed by atoms with E-state index < -0.39 is 0 Å². The molecule has 1 aliphatic rings. The van der Waals surface area contributed by atoms with E-state index in [1.54, 1.807) is 0 Å². The Hall–Kier alpha value is 0.270. The van der Waals surface area contributed by atoms with Gasteiger partial charge in [-0.25, -0.2) is 0 Å². The number of likely N-dealkylation sites (tertiary alicyclic amines) is 1. The summed E-state index contributed by atoms with van der Waals surface area (Å²) in [5.74, 6) is 3.32. The molecule has 3 heteroatoms. The number of hydrogen-bond donors (Lipinski definition) is 1. The van der Waals surface area contributed by atoms with Crippen molar-refractivity contribution in [1.29, 1.82) is 0 Å². The molecule has 0 aromatic heterocycles. The van der Waals surface area contributed by atoms with E-state index in [2.05, 4.69) is 37.9 Å². The molecule has 17 heavy (non-hydrogen) atoms. The molecule has 1 heterocycles. The zero-order valence-electron chi connectivity index (χ0n) is 12.0. The van der Waals surface area contributed by atoms with Crippen LogP contribution < -0.4 is 5.32 Å². The molecule has 0 radical (unpaired) electrons. The minimum absolute atomic E-state index is 0.645. The third-order valence-corrected chi connectivity index (χ3v) is 4.96. The van der Waals surface area contributed by atoms with Crippen molar-refractivity contribution in [2.24, 2.45) is 5.92 Å². The lowest BCUT2D eigenvalue weighted by Crippen LogP contribution is -2.47. The molecule has 0 amide bonds. The van der Waals surface area contributed by atoms with Gasteiger partial charge >= 0.3 is 0 Å². The predicted molar refractivity (Wildman–Crippen MR) is 79.9 cm³/mol. The molecule has 0 bridgehead atoms. The first-order chi connectivity index (χ1) is 8.17. The van der Waals surface area contributed by atoms with Gasteiger partial charge in [0.05, 0.1) is 0 Å². The Kier molecular flexibility index (Phi) is 7.56. The minimum atomic E-state index is 0.645. The molecule has 1 aliphatic heterocycles. The average molecular weight is 258 g/mol. The highest BCUT2D eigenvalue weighted by atomic mass is 32.2. The first-order valence-corrected chi connectivity index (χ1v) is 8.39. The van der Waals surface area contributed by atoms with Crippen LogP contribution in [0.15, 0.2) is 0 Å². The smallest absolute Gasteiger partial charge is 0.0132 e. The average Bonchev–Trinajstić information content (AvgIpc) is 2.36. The molecule has 3 atom stereocenters. The SMILES string of the molecule is CCSCC(C)NC(C)C1CCCN(CC)C1. The van der Waals surface area contributed by atoms with Crippen molar-refractivity contribution >= 4 is 11.8 Å². The van der Waals surface area contributed by atoms with Gasteiger partial charge in [-0.15, -0.1) is 0 Å². The Morgan fingerprint density at radius 1 is 1.35 bits per heavy atom. The minimum Gasteiger partial charge on any atom is -0.311 e. The molecule has 3 unspecified atom stereocenters. The summed E-state index contributed by atoms with van der Waals surface area (Å²) in [7, 11) is 0. The standard InChI is InChI=1S/C14H30N2S/c1-5-16-9-7-8-14(10-16)13(4)15-12(3)11-17-6-2/h12-15H,5-11H2,1-4H3. The molecule has 0 aliphatic carbocycles. The lowest BCUT2D eigenvalue weighted by atomic mass is 9.91. The maximum Gasteiger partial charge on any atom is 0.0132 e. The largest absolute Gasteiger partial charge is 0.311 e.